The molecule has 0 aromatic carbocycles. The third-order valence-corrected chi connectivity index (χ3v) is 3.44. The largest absolute Gasteiger partial charge is 0.418 e. The SMILES string of the molecule is Cc1nc2c(c(C(C)(C)C)c1C(F)(F)F)CCC2. The standard InChI is InChI=1S/C14H18F3N/c1-8-11(14(15,16)17)12(13(2,3)4)9-6-5-7-10(9)18-8/h5-7H2,1-4H3. The van der Waals surface area contributed by atoms with Crippen LogP contribution in [0.5, 0.6) is 0 Å². The van der Waals surface area contributed by atoms with E-state index in [9.17, 15) is 13.2 Å². The van der Waals surface area contributed by atoms with E-state index in [1.165, 1.54) is 6.92 Å². The number of aromatic nitrogens is 1. The van der Waals surface area contributed by atoms with Gasteiger partial charge in [0.1, 0.15) is 0 Å². The van der Waals surface area contributed by atoms with Gasteiger partial charge in [-0.05, 0) is 42.7 Å². The van der Waals surface area contributed by atoms with Gasteiger partial charge in [-0.25, -0.2) is 0 Å². The van der Waals surface area contributed by atoms with Gasteiger partial charge >= 0.3 is 6.18 Å². The summed E-state index contributed by atoms with van der Waals surface area (Å²) in [4.78, 5) is 4.17. The van der Waals surface area contributed by atoms with Crippen LogP contribution in [0.1, 0.15) is 55.3 Å². The quantitative estimate of drug-likeness (QED) is 0.679. The molecular weight excluding hydrogens is 239 g/mol. The number of pyridine rings is 1. The molecule has 2 rings (SSSR count). The summed E-state index contributed by atoms with van der Waals surface area (Å²) in [6, 6.07) is 0. The Morgan fingerprint density at radius 1 is 1.00 bits per heavy atom. The minimum atomic E-state index is -4.32. The Hall–Kier alpha value is -1.06. The van der Waals surface area contributed by atoms with E-state index in [1.807, 2.05) is 20.8 Å². The molecule has 0 atom stereocenters. The third-order valence-electron chi connectivity index (χ3n) is 3.44. The summed E-state index contributed by atoms with van der Waals surface area (Å²) in [6.07, 6.45) is -1.89. The number of alkyl halides is 3. The molecule has 1 aromatic rings. The Morgan fingerprint density at radius 2 is 1.61 bits per heavy atom. The molecule has 0 N–H and O–H groups in total. The minimum Gasteiger partial charge on any atom is -0.257 e. The van der Waals surface area contributed by atoms with Crippen LogP contribution in [0, 0.1) is 6.92 Å². The molecule has 0 unspecified atom stereocenters. The van der Waals surface area contributed by atoms with Crippen molar-refractivity contribution in [1.82, 2.24) is 4.98 Å². The fraction of sp³-hybridized carbons (Fsp3) is 0.643. The van der Waals surface area contributed by atoms with Crippen molar-refractivity contribution >= 4 is 0 Å². The van der Waals surface area contributed by atoms with Crippen LogP contribution in [0.15, 0.2) is 0 Å². The molecule has 4 heteroatoms. The van der Waals surface area contributed by atoms with E-state index in [0.29, 0.717) is 5.56 Å². The number of halogens is 3. The van der Waals surface area contributed by atoms with Crippen molar-refractivity contribution in [2.45, 2.75) is 58.5 Å². The second-order valence-electron chi connectivity index (χ2n) is 5.97. The molecule has 0 aliphatic heterocycles. The number of hydrogen-bond donors (Lipinski definition) is 0. The van der Waals surface area contributed by atoms with E-state index in [-0.39, 0.29) is 5.69 Å². The monoisotopic (exact) mass is 257 g/mol. The Balaban J connectivity index is 2.81. The van der Waals surface area contributed by atoms with Crippen molar-refractivity contribution in [2.24, 2.45) is 0 Å². The van der Waals surface area contributed by atoms with Crippen LogP contribution in [0.25, 0.3) is 0 Å². The maximum absolute atomic E-state index is 13.3. The summed E-state index contributed by atoms with van der Waals surface area (Å²) in [7, 11) is 0. The van der Waals surface area contributed by atoms with Crippen LogP contribution in [0.2, 0.25) is 0 Å². The Labute approximate surface area is 105 Å². The fourth-order valence-corrected chi connectivity index (χ4v) is 2.89. The number of hydrogen-bond acceptors (Lipinski definition) is 1. The lowest BCUT2D eigenvalue weighted by Gasteiger charge is -2.28. The Morgan fingerprint density at radius 3 is 2.11 bits per heavy atom. The highest BCUT2D eigenvalue weighted by Gasteiger charge is 2.41. The highest BCUT2D eigenvalue weighted by atomic mass is 19.4. The van der Waals surface area contributed by atoms with Crippen molar-refractivity contribution < 1.29 is 13.2 Å². The predicted octanol–water partition coefficient (Wildman–Crippen LogP) is 4.20. The topological polar surface area (TPSA) is 12.9 Å². The van der Waals surface area contributed by atoms with E-state index < -0.39 is 17.2 Å². The molecule has 0 amide bonds. The van der Waals surface area contributed by atoms with Gasteiger partial charge in [0.15, 0.2) is 0 Å². The van der Waals surface area contributed by atoms with Crippen molar-refractivity contribution in [3.05, 3.63) is 28.1 Å². The second-order valence-corrected chi connectivity index (χ2v) is 5.97. The first-order valence-electron chi connectivity index (χ1n) is 6.22. The molecule has 1 aliphatic rings. The summed E-state index contributed by atoms with van der Waals surface area (Å²) in [5, 5.41) is 0. The molecule has 1 aromatic heterocycles. The molecular formula is C14H18F3N. The zero-order valence-corrected chi connectivity index (χ0v) is 11.2. The molecule has 0 radical (unpaired) electrons. The number of fused-ring (bicyclic) bond motifs is 1. The van der Waals surface area contributed by atoms with Gasteiger partial charge < -0.3 is 0 Å². The van der Waals surface area contributed by atoms with Gasteiger partial charge in [0.05, 0.1) is 11.3 Å². The lowest BCUT2D eigenvalue weighted by molar-refractivity contribution is -0.139. The normalized spacial score (nSPS) is 15.9. The van der Waals surface area contributed by atoms with Gasteiger partial charge in [-0.2, -0.15) is 13.2 Å². The third kappa shape index (κ3) is 2.13. The molecule has 1 aliphatic carbocycles. The van der Waals surface area contributed by atoms with E-state index >= 15 is 0 Å². The number of rotatable bonds is 0. The van der Waals surface area contributed by atoms with Gasteiger partial charge in [0.25, 0.3) is 0 Å². The molecule has 0 spiro atoms. The molecule has 100 valence electrons. The highest BCUT2D eigenvalue weighted by molar-refractivity contribution is 5.47. The summed E-state index contributed by atoms with van der Waals surface area (Å²) in [5.41, 5.74) is 1.25. The predicted molar refractivity (Wildman–Crippen MR) is 64.7 cm³/mol. The lowest BCUT2D eigenvalue weighted by Crippen LogP contribution is -2.24. The van der Waals surface area contributed by atoms with Crippen molar-refractivity contribution in [3.8, 4) is 0 Å². The highest BCUT2D eigenvalue weighted by Crippen LogP contribution is 2.43. The second kappa shape index (κ2) is 3.97. The summed E-state index contributed by atoms with van der Waals surface area (Å²) < 4.78 is 39.8. The molecule has 0 saturated heterocycles. The average Bonchev–Trinajstić information content (AvgIpc) is 2.58. The Bertz CT molecular complexity index is 481. The van der Waals surface area contributed by atoms with Crippen molar-refractivity contribution in [2.75, 3.05) is 0 Å². The van der Waals surface area contributed by atoms with Gasteiger partial charge in [0, 0.05) is 5.69 Å². The maximum atomic E-state index is 13.3. The lowest BCUT2D eigenvalue weighted by atomic mass is 9.79. The first-order valence-corrected chi connectivity index (χ1v) is 6.22. The van der Waals surface area contributed by atoms with Crippen LogP contribution in [0.3, 0.4) is 0 Å². The van der Waals surface area contributed by atoms with Gasteiger partial charge in [-0.15, -0.1) is 0 Å². The van der Waals surface area contributed by atoms with Gasteiger partial charge in [0.2, 0.25) is 0 Å². The van der Waals surface area contributed by atoms with Crippen LogP contribution < -0.4 is 0 Å². The van der Waals surface area contributed by atoms with Crippen molar-refractivity contribution in [3.63, 3.8) is 0 Å². The van der Waals surface area contributed by atoms with E-state index in [2.05, 4.69) is 4.98 Å². The zero-order valence-electron chi connectivity index (χ0n) is 11.2. The van der Waals surface area contributed by atoms with Gasteiger partial charge in [-0.1, -0.05) is 20.8 Å². The molecule has 1 nitrogen and oxygen atoms in total. The van der Waals surface area contributed by atoms with Crippen LogP contribution >= 0.6 is 0 Å². The van der Waals surface area contributed by atoms with E-state index in [1.54, 1.807) is 0 Å². The fourth-order valence-electron chi connectivity index (χ4n) is 2.89. The first-order chi connectivity index (χ1) is 8.12. The zero-order chi connectivity index (χ0) is 13.7. The van der Waals surface area contributed by atoms with Crippen LogP contribution in [0.4, 0.5) is 13.2 Å². The number of nitrogens with zero attached hydrogens (tertiary/aromatic N) is 1. The van der Waals surface area contributed by atoms with Crippen molar-refractivity contribution in [1.29, 1.82) is 0 Å². The molecule has 18 heavy (non-hydrogen) atoms. The molecule has 0 saturated carbocycles. The summed E-state index contributed by atoms with van der Waals surface area (Å²) in [5.74, 6) is 0. The average molecular weight is 257 g/mol. The minimum absolute atomic E-state index is 0.119. The molecule has 0 bridgehead atoms. The van der Waals surface area contributed by atoms with E-state index in [4.69, 9.17) is 0 Å². The Kier molecular flexibility index (Phi) is 2.95. The van der Waals surface area contributed by atoms with Gasteiger partial charge in [-0.3, -0.25) is 4.98 Å². The first kappa shape index (κ1) is 13.4. The maximum Gasteiger partial charge on any atom is 0.418 e. The van der Waals surface area contributed by atoms with Crippen LogP contribution in [-0.4, -0.2) is 4.98 Å². The molecule has 1 heterocycles. The summed E-state index contributed by atoms with van der Waals surface area (Å²) in [6.45, 7) is 7.00. The molecule has 0 fully saturated rings. The number of aryl methyl sites for hydroxylation is 2. The smallest absolute Gasteiger partial charge is 0.257 e. The van der Waals surface area contributed by atoms with E-state index in [0.717, 1.165) is 30.5 Å². The summed E-state index contributed by atoms with van der Waals surface area (Å²) >= 11 is 0. The van der Waals surface area contributed by atoms with Crippen LogP contribution in [-0.2, 0) is 24.4 Å².